The summed E-state index contributed by atoms with van der Waals surface area (Å²) in [4.78, 5) is 11.4. The van der Waals surface area contributed by atoms with Crippen molar-refractivity contribution in [3.63, 3.8) is 0 Å². The van der Waals surface area contributed by atoms with Crippen molar-refractivity contribution < 1.29 is 14.5 Å². The maximum absolute atomic E-state index is 11.7. The van der Waals surface area contributed by atoms with Gasteiger partial charge in [0.25, 0.3) is 0 Å². The topological polar surface area (TPSA) is 57.5 Å². The number of hydrogen-bond acceptors (Lipinski definition) is 4. The molecular weight excluding hydrogens is 452 g/mol. The summed E-state index contributed by atoms with van der Waals surface area (Å²) in [6.45, 7) is 17.1. The number of aliphatic hydroxyl groups is 1. The van der Waals surface area contributed by atoms with Gasteiger partial charge in [0.2, 0.25) is 0 Å². The molecule has 0 spiro atoms. The Morgan fingerprint density at radius 3 is 2.63 bits per heavy atom. The Hall–Kier alpha value is -1.36. The van der Waals surface area contributed by atoms with Crippen molar-refractivity contribution in [3.8, 4) is 0 Å². The standard InChI is InChI=1S/C31H48O3S/c1-7-10-24(11-8-2)13-12-23(4)21-30(5)22-28(33)29-26(27(30)17-20-35-34)15-14-25(16-19-32)31(29,6)18-9-3/h7-8,10-11,16,19,26-29,33-34H,1,4,9,12-15,17-18,20-22H2,2-3,5-6H3/b11-8-,24-10+,25-16-. The van der Waals surface area contributed by atoms with Gasteiger partial charge in [-0.2, -0.15) is 0 Å². The molecule has 0 amide bonds. The van der Waals surface area contributed by atoms with Crippen molar-refractivity contribution in [1.82, 2.24) is 0 Å². The van der Waals surface area contributed by atoms with E-state index in [1.54, 1.807) is 6.08 Å². The van der Waals surface area contributed by atoms with Crippen molar-refractivity contribution >= 4 is 18.3 Å². The van der Waals surface area contributed by atoms with E-state index >= 15 is 0 Å². The van der Waals surface area contributed by atoms with E-state index in [1.807, 2.05) is 13.0 Å². The molecule has 0 radical (unpaired) electrons. The summed E-state index contributed by atoms with van der Waals surface area (Å²) in [6, 6.07) is 0. The number of hydrogen-bond donors (Lipinski definition) is 2. The zero-order valence-electron chi connectivity index (χ0n) is 22.5. The van der Waals surface area contributed by atoms with Crippen molar-refractivity contribution in [3.05, 3.63) is 60.3 Å². The highest BCUT2D eigenvalue weighted by molar-refractivity contribution is 7.93. The van der Waals surface area contributed by atoms with Crippen LogP contribution in [-0.2, 0) is 4.79 Å². The molecule has 35 heavy (non-hydrogen) atoms. The van der Waals surface area contributed by atoms with Crippen molar-refractivity contribution in [2.45, 2.75) is 91.6 Å². The zero-order chi connectivity index (χ0) is 26.1. The largest absolute Gasteiger partial charge is 0.393 e. The summed E-state index contributed by atoms with van der Waals surface area (Å²) < 4.78 is 9.62. The summed E-state index contributed by atoms with van der Waals surface area (Å²) in [6.07, 6.45) is 18.7. The summed E-state index contributed by atoms with van der Waals surface area (Å²) in [7, 11) is 0. The predicted molar refractivity (Wildman–Crippen MR) is 151 cm³/mol. The van der Waals surface area contributed by atoms with Gasteiger partial charge >= 0.3 is 0 Å². The molecule has 2 rings (SSSR count). The minimum atomic E-state index is -0.401. The maximum Gasteiger partial charge on any atom is 0.142 e. The molecule has 0 heterocycles. The van der Waals surface area contributed by atoms with Gasteiger partial charge in [-0.05, 0) is 111 Å². The van der Waals surface area contributed by atoms with E-state index < -0.39 is 6.10 Å². The SMILES string of the molecule is C=C/C=C(\C=C/C)CCC(=C)CC1(C)CC(O)C2C(CC/C(=C/C=O)C2(C)CCC)C1CCSO. The highest BCUT2D eigenvalue weighted by Gasteiger charge is 2.57. The molecule has 6 unspecified atom stereocenters. The minimum Gasteiger partial charge on any atom is -0.393 e. The third-order valence-corrected chi connectivity index (χ3v) is 9.29. The Balaban J connectivity index is 2.33. The fraction of sp³-hybridized carbons (Fsp3) is 0.645. The molecule has 196 valence electrons. The van der Waals surface area contributed by atoms with Crippen LogP contribution in [0.4, 0.5) is 0 Å². The van der Waals surface area contributed by atoms with Crippen LogP contribution in [0.3, 0.4) is 0 Å². The van der Waals surface area contributed by atoms with Gasteiger partial charge in [-0.1, -0.05) is 75.8 Å². The molecular formula is C31H48O3S. The minimum absolute atomic E-state index is 0.0602. The molecule has 2 aliphatic rings. The first-order chi connectivity index (χ1) is 16.7. The van der Waals surface area contributed by atoms with Gasteiger partial charge in [0.05, 0.1) is 6.10 Å². The fourth-order valence-corrected chi connectivity index (χ4v) is 7.98. The van der Waals surface area contributed by atoms with Crippen LogP contribution in [0.2, 0.25) is 0 Å². The van der Waals surface area contributed by atoms with Crippen LogP contribution in [0.25, 0.3) is 0 Å². The number of aldehydes is 1. The Morgan fingerprint density at radius 1 is 1.29 bits per heavy atom. The number of allylic oxidation sites excluding steroid dienone is 8. The Morgan fingerprint density at radius 2 is 2.03 bits per heavy atom. The van der Waals surface area contributed by atoms with Gasteiger partial charge in [-0.15, -0.1) is 0 Å². The van der Waals surface area contributed by atoms with Gasteiger partial charge < -0.3 is 9.66 Å². The fourth-order valence-electron chi connectivity index (χ4n) is 7.62. The third kappa shape index (κ3) is 7.11. The van der Waals surface area contributed by atoms with Gasteiger partial charge in [-0.25, -0.2) is 0 Å². The second kappa shape index (κ2) is 13.8. The molecule has 0 aromatic rings. The van der Waals surface area contributed by atoms with Crippen LogP contribution >= 0.6 is 12.0 Å². The number of rotatable bonds is 13. The molecule has 0 saturated heterocycles. The molecule has 0 aromatic carbocycles. The van der Waals surface area contributed by atoms with Gasteiger partial charge in [0.15, 0.2) is 0 Å². The molecule has 3 nitrogen and oxygen atoms in total. The normalized spacial score (nSPS) is 34.7. The number of aliphatic hydroxyl groups excluding tert-OH is 1. The number of carbonyl (C=O) groups excluding carboxylic acids is 1. The lowest BCUT2D eigenvalue weighted by Crippen LogP contribution is -2.56. The number of fused-ring (bicyclic) bond motifs is 1. The van der Waals surface area contributed by atoms with Gasteiger partial charge in [0.1, 0.15) is 6.29 Å². The molecule has 6 atom stereocenters. The molecule has 2 saturated carbocycles. The van der Waals surface area contributed by atoms with Crippen LogP contribution < -0.4 is 0 Å². The molecule has 2 aliphatic carbocycles. The van der Waals surface area contributed by atoms with E-state index in [0.29, 0.717) is 17.6 Å². The third-order valence-electron chi connectivity index (χ3n) is 8.87. The first-order valence-electron chi connectivity index (χ1n) is 13.4. The van der Waals surface area contributed by atoms with Crippen molar-refractivity contribution in [2.24, 2.45) is 28.6 Å². The lowest BCUT2D eigenvalue weighted by Gasteiger charge is -2.60. The second-order valence-electron chi connectivity index (χ2n) is 11.3. The van der Waals surface area contributed by atoms with Gasteiger partial charge in [0, 0.05) is 5.75 Å². The molecule has 2 N–H and O–H groups in total. The quantitative estimate of drug-likeness (QED) is 0.0877. The Labute approximate surface area is 218 Å². The van der Waals surface area contributed by atoms with Crippen molar-refractivity contribution in [2.75, 3.05) is 5.75 Å². The van der Waals surface area contributed by atoms with E-state index in [-0.39, 0.29) is 16.7 Å². The highest BCUT2D eigenvalue weighted by atomic mass is 32.2. The maximum atomic E-state index is 11.7. The van der Waals surface area contributed by atoms with Gasteiger partial charge in [-0.3, -0.25) is 4.79 Å². The summed E-state index contributed by atoms with van der Waals surface area (Å²) in [5.41, 5.74) is 3.48. The van der Waals surface area contributed by atoms with Crippen LogP contribution in [0.5, 0.6) is 0 Å². The van der Waals surface area contributed by atoms with E-state index in [4.69, 9.17) is 0 Å². The Kier molecular flexibility index (Phi) is 11.8. The summed E-state index contributed by atoms with van der Waals surface area (Å²) in [5.74, 6) is 1.64. The van der Waals surface area contributed by atoms with Crippen LogP contribution in [0.1, 0.15) is 85.5 Å². The molecule has 4 heteroatoms. The lowest BCUT2D eigenvalue weighted by molar-refractivity contribution is -0.128. The average molecular weight is 501 g/mol. The van der Waals surface area contributed by atoms with Crippen molar-refractivity contribution in [1.29, 1.82) is 0 Å². The summed E-state index contributed by atoms with van der Waals surface area (Å²) >= 11 is 0.932. The highest BCUT2D eigenvalue weighted by Crippen LogP contribution is 2.62. The van der Waals surface area contributed by atoms with E-state index in [0.717, 1.165) is 76.1 Å². The van der Waals surface area contributed by atoms with E-state index in [9.17, 15) is 14.5 Å². The molecule has 0 aliphatic heterocycles. The monoisotopic (exact) mass is 500 g/mol. The Bertz CT molecular complexity index is 825. The van der Waals surface area contributed by atoms with Crippen LogP contribution in [0, 0.1) is 28.6 Å². The molecule has 2 fully saturated rings. The van der Waals surface area contributed by atoms with Crippen LogP contribution in [-0.4, -0.2) is 27.8 Å². The number of carbonyl (C=O) groups is 1. The first-order valence-corrected chi connectivity index (χ1v) is 14.3. The average Bonchev–Trinajstić information content (AvgIpc) is 2.79. The smallest absolute Gasteiger partial charge is 0.142 e. The van der Waals surface area contributed by atoms with Crippen LogP contribution in [0.15, 0.2) is 60.3 Å². The molecule has 0 bridgehead atoms. The second-order valence-corrected chi connectivity index (χ2v) is 11.9. The first kappa shape index (κ1) is 29.9. The summed E-state index contributed by atoms with van der Waals surface area (Å²) in [5, 5.41) is 11.7. The molecule has 0 aromatic heterocycles. The van der Waals surface area contributed by atoms with E-state index in [1.165, 1.54) is 16.7 Å². The zero-order valence-corrected chi connectivity index (χ0v) is 23.3. The predicted octanol–water partition coefficient (Wildman–Crippen LogP) is 8.34. The van der Waals surface area contributed by atoms with E-state index in [2.05, 4.69) is 52.2 Å². The lowest BCUT2D eigenvalue weighted by atomic mass is 9.45.